The molecule has 2 heterocycles. The van der Waals surface area contributed by atoms with Crippen molar-refractivity contribution in [3.8, 4) is 11.1 Å². The summed E-state index contributed by atoms with van der Waals surface area (Å²) < 4.78 is 25.1. The molecule has 2 aliphatic rings. The fourth-order valence-electron chi connectivity index (χ4n) is 4.44. The number of carbonyl (C=O) groups excluding carboxylic acids is 1. The first-order chi connectivity index (χ1) is 14.2. The third kappa shape index (κ3) is 5.58. The van der Waals surface area contributed by atoms with Gasteiger partial charge in [0.1, 0.15) is 11.4 Å². The Morgan fingerprint density at radius 2 is 1.77 bits per heavy atom. The normalized spacial score (nSPS) is 20.4. The molecular weight excluding hydrogens is 417 g/mol. The summed E-state index contributed by atoms with van der Waals surface area (Å²) >= 11 is 0. The van der Waals surface area contributed by atoms with E-state index in [1.54, 1.807) is 4.90 Å². The highest BCUT2D eigenvalue weighted by molar-refractivity contribution is 5.85. The Bertz CT molecular complexity index is 902. The van der Waals surface area contributed by atoms with E-state index in [0.717, 1.165) is 30.4 Å². The molecule has 1 spiro atoms. The second-order valence-electron chi connectivity index (χ2n) is 9.49. The molecular formula is C25H31ClFNO3. The van der Waals surface area contributed by atoms with Gasteiger partial charge in [0.15, 0.2) is 0 Å². The number of piperidine rings is 1. The molecule has 0 bridgehead atoms. The van der Waals surface area contributed by atoms with E-state index in [-0.39, 0.29) is 29.9 Å². The Kier molecular flexibility index (Phi) is 6.97. The first kappa shape index (κ1) is 23.6. The zero-order valence-corrected chi connectivity index (χ0v) is 19.2. The highest BCUT2D eigenvalue weighted by Crippen LogP contribution is 2.43. The van der Waals surface area contributed by atoms with Crippen LogP contribution in [0.5, 0.6) is 0 Å². The van der Waals surface area contributed by atoms with Crippen LogP contribution in [0, 0.1) is 5.82 Å². The summed E-state index contributed by atoms with van der Waals surface area (Å²) in [7, 11) is 0. The van der Waals surface area contributed by atoms with Crippen molar-refractivity contribution in [1.29, 1.82) is 0 Å². The number of hydrogen-bond acceptors (Lipinski definition) is 3. The fourth-order valence-corrected chi connectivity index (χ4v) is 4.44. The van der Waals surface area contributed by atoms with Crippen molar-refractivity contribution in [2.24, 2.45) is 0 Å². The van der Waals surface area contributed by atoms with Crippen LogP contribution in [0.1, 0.15) is 51.5 Å². The lowest BCUT2D eigenvalue weighted by Crippen LogP contribution is -2.47. The quantitative estimate of drug-likeness (QED) is 0.551. The summed E-state index contributed by atoms with van der Waals surface area (Å²) in [6.07, 6.45) is 2.39. The maximum atomic E-state index is 13.2. The van der Waals surface area contributed by atoms with E-state index in [1.807, 2.05) is 32.9 Å². The Labute approximate surface area is 190 Å². The van der Waals surface area contributed by atoms with Crippen LogP contribution >= 0.6 is 12.4 Å². The summed E-state index contributed by atoms with van der Waals surface area (Å²) in [5, 5.41) is 0. The lowest BCUT2D eigenvalue weighted by Gasteiger charge is -2.39. The van der Waals surface area contributed by atoms with E-state index in [2.05, 4.69) is 24.3 Å². The van der Waals surface area contributed by atoms with Gasteiger partial charge in [0.25, 0.3) is 0 Å². The number of nitrogens with zero attached hydrogens (tertiary/aromatic N) is 1. The van der Waals surface area contributed by atoms with Gasteiger partial charge in [0, 0.05) is 19.0 Å². The summed E-state index contributed by atoms with van der Waals surface area (Å²) in [5.41, 5.74) is 2.72. The van der Waals surface area contributed by atoms with Gasteiger partial charge < -0.3 is 14.4 Å². The number of carbonyl (C=O) groups is 1. The summed E-state index contributed by atoms with van der Waals surface area (Å²) in [4.78, 5) is 14.1. The molecule has 1 amide bonds. The Balaban J connectivity index is 0.00000272. The lowest BCUT2D eigenvalue weighted by atomic mass is 9.83. The molecule has 4 nitrogen and oxygen atoms in total. The first-order valence-corrected chi connectivity index (χ1v) is 10.7. The van der Waals surface area contributed by atoms with E-state index in [0.29, 0.717) is 25.6 Å². The summed E-state index contributed by atoms with van der Waals surface area (Å²) in [6, 6.07) is 15.1. The number of rotatable bonds is 2. The molecule has 0 aliphatic carbocycles. The molecule has 2 aromatic carbocycles. The van der Waals surface area contributed by atoms with Crippen molar-refractivity contribution < 1.29 is 18.7 Å². The molecule has 0 N–H and O–H groups in total. The van der Waals surface area contributed by atoms with Crippen molar-refractivity contribution in [2.45, 2.75) is 57.2 Å². The fraction of sp³-hybridized carbons (Fsp3) is 0.480. The van der Waals surface area contributed by atoms with E-state index in [1.165, 1.54) is 17.7 Å². The van der Waals surface area contributed by atoms with Crippen molar-refractivity contribution in [3.63, 3.8) is 0 Å². The van der Waals surface area contributed by atoms with E-state index < -0.39 is 5.60 Å². The third-order valence-corrected chi connectivity index (χ3v) is 6.07. The first-order valence-electron chi connectivity index (χ1n) is 10.7. The Morgan fingerprint density at radius 3 is 2.42 bits per heavy atom. The van der Waals surface area contributed by atoms with Crippen molar-refractivity contribution in [2.75, 3.05) is 19.7 Å². The monoisotopic (exact) mass is 447 g/mol. The van der Waals surface area contributed by atoms with Gasteiger partial charge in [-0.2, -0.15) is 0 Å². The van der Waals surface area contributed by atoms with Crippen LogP contribution in [-0.4, -0.2) is 41.9 Å². The minimum absolute atomic E-state index is 0. The van der Waals surface area contributed by atoms with Crippen LogP contribution in [0.25, 0.3) is 11.1 Å². The van der Waals surface area contributed by atoms with Crippen molar-refractivity contribution in [3.05, 3.63) is 59.9 Å². The number of halogens is 2. The Morgan fingerprint density at radius 1 is 1.10 bits per heavy atom. The highest BCUT2D eigenvalue weighted by atomic mass is 35.5. The van der Waals surface area contributed by atoms with Gasteiger partial charge in [-0.05, 0) is 68.9 Å². The highest BCUT2D eigenvalue weighted by Gasteiger charge is 2.44. The molecule has 2 aromatic rings. The van der Waals surface area contributed by atoms with Crippen LogP contribution < -0.4 is 0 Å². The average molecular weight is 448 g/mol. The zero-order chi connectivity index (χ0) is 21.4. The molecule has 31 heavy (non-hydrogen) atoms. The minimum Gasteiger partial charge on any atom is -0.444 e. The molecule has 2 fully saturated rings. The number of hydrogen-bond donors (Lipinski definition) is 0. The number of ether oxygens (including phenoxy) is 2. The molecule has 2 saturated heterocycles. The number of amides is 1. The minimum atomic E-state index is -0.475. The van der Waals surface area contributed by atoms with Gasteiger partial charge in [-0.1, -0.05) is 36.4 Å². The SMILES string of the molecule is CC(C)(C)OC(=O)N1CCC2(CC1)C[C@H](c1cccc(-c3ccc(F)cc3)c1)CO2.Cl. The van der Waals surface area contributed by atoms with E-state index >= 15 is 0 Å². The maximum absolute atomic E-state index is 13.2. The average Bonchev–Trinajstić information content (AvgIpc) is 3.11. The molecule has 0 unspecified atom stereocenters. The second kappa shape index (κ2) is 9.17. The van der Waals surface area contributed by atoms with Crippen LogP contribution in [0.4, 0.5) is 9.18 Å². The van der Waals surface area contributed by atoms with Crippen molar-refractivity contribution in [1.82, 2.24) is 4.90 Å². The standard InChI is InChI=1S/C25H30FNO3.ClH/c1-24(2,3)30-23(28)27-13-11-25(12-14-27)16-21(17-29-25)20-6-4-5-19(15-20)18-7-9-22(26)10-8-18;/h4-10,15,21H,11-14,16-17H2,1-3H3;1H/t21-;/m0./s1. The van der Waals surface area contributed by atoms with Gasteiger partial charge >= 0.3 is 6.09 Å². The van der Waals surface area contributed by atoms with Crippen LogP contribution in [0.3, 0.4) is 0 Å². The van der Waals surface area contributed by atoms with Gasteiger partial charge in [0.05, 0.1) is 12.2 Å². The van der Waals surface area contributed by atoms with E-state index in [9.17, 15) is 9.18 Å². The smallest absolute Gasteiger partial charge is 0.410 e. The molecule has 6 heteroatoms. The molecule has 168 valence electrons. The lowest BCUT2D eigenvalue weighted by molar-refractivity contribution is -0.0485. The summed E-state index contributed by atoms with van der Waals surface area (Å²) in [6.45, 7) is 7.69. The van der Waals surface area contributed by atoms with E-state index in [4.69, 9.17) is 9.47 Å². The second-order valence-corrected chi connectivity index (χ2v) is 9.49. The molecule has 0 aromatic heterocycles. The molecule has 4 rings (SSSR count). The number of likely N-dealkylation sites (tertiary alicyclic amines) is 1. The molecule has 0 radical (unpaired) electrons. The van der Waals surface area contributed by atoms with Crippen LogP contribution in [0.15, 0.2) is 48.5 Å². The van der Waals surface area contributed by atoms with Gasteiger partial charge in [-0.25, -0.2) is 9.18 Å². The van der Waals surface area contributed by atoms with Gasteiger partial charge in [-0.3, -0.25) is 0 Å². The largest absolute Gasteiger partial charge is 0.444 e. The third-order valence-electron chi connectivity index (χ3n) is 6.07. The molecule has 1 atom stereocenters. The zero-order valence-electron chi connectivity index (χ0n) is 18.4. The van der Waals surface area contributed by atoms with Crippen LogP contribution in [0.2, 0.25) is 0 Å². The van der Waals surface area contributed by atoms with Crippen molar-refractivity contribution >= 4 is 18.5 Å². The molecule has 2 aliphatic heterocycles. The molecule has 0 saturated carbocycles. The van der Waals surface area contributed by atoms with Gasteiger partial charge in [0.2, 0.25) is 0 Å². The predicted octanol–water partition coefficient (Wildman–Crippen LogP) is 6.19. The Hall–Kier alpha value is -2.11. The predicted molar refractivity (Wildman–Crippen MR) is 122 cm³/mol. The summed E-state index contributed by atoms with van der Waals surface area (Å²) in [5.74, 6) is 0.109. The van der Waals surface area contributed by atoms with Gasteiger partial charge in [-0.15, -0.1) is 12.4 Å². The maximum Gasteiger partial charge on any atom is 0.410 e. The topological polar surface area (TPSA) is 38.8 Å². The number of benzene rings is 2. The van der Waals surface area contributed by atoms with Crippen LogP contribution in [-0.2, 0) is 9.47 Å².